The molecule has 0 saturated carbocycles. The van der Waals surface area contributed by atoms with E-state index in [0.717, 1.165) is 25.1 Å². The lowest BCUT2D eigenvalue weighted by molar-refractivity contribution is -0.0767. The van der Waals surface area contributed by atoms with Gasteiger partial charge in [0, 0.05) is 18.0 Å². The van der Waals surface area contributed by atoms with E-state index in [2.05, 4.69) is 5.32 Å². The predicted molar refractivity (Wildman–Crippen MR) is 66.1 cm³/mol. The monoisotopic (exact) mass is 251 g/mol. The van der Waals surface area contributed by atoms with Crippen LogP contribution in [0, 0.1) is 5.82 Å². The zero-order valence-electron chi connectivity index (χ0n) is 10.3. The summed E-state index contributed by atoms with van der Waals surface area (Å²) in [6, 6.07) is 7.32. The standard InChI is InChI=1S/C14H18FNO2/c15-13-4-2-1-3-12(13)14(9-18-10-14)7-11-8-17-6-5-16-11/h1-4,11,16H,5-10H2. The van der Waals surface area contributed by atoms with Gasteiger partial charge in [0.25, 0.3) is 0 Å². The van der Waals surface area contributed by atoms with Crippen LogP contribution < -0.4 is 5.32 Å². The molecule has 0 aliphatic carbocycles. The second kappa shape index (κ2) is 4.96. The number of ether oxygens (including phenoxy) is 2. The maximum Gasteiger partial charge on any atom is 0.127 e. The number of hydrogen-bond donors (Lipinski definition) is 1. The minimum atomic E-state index is -0.177. The number of benzene rings is 1. The van der Waals surface area contributed by atoms with Crippen molar-refractivity contribution in [3.63, 3.8) is 0 Å². The molecule has 4 heteroatoms. The summed E-state index contributed by atoms with van der Waals surface area (Å²) in [6.45, 7) is 3.55. The number of rotatable bonds is 3. The van der Waals surface area contributed by atoms with Gasteiger partial charge in [-0.05, 0) is 18.1 Å². The first kappa shape index (κ1) is 12.1. The topological polar surface area (TPSA) is 30.5 Å². The Morgan fingerprint density at radius 3 is 2.72 bits per heavy atom. The molecule has 2 heterocycles. The third-order valence-corrected chi connectivity index (χ3v) is 3.84. The molecule has 1 atom stereocenters. The van der Waals surface area contributed by atoms with Gasteiger partial charge in [0.05, 0.1) is 26.4 Å². The van der Waals surface area contributed by atoms with Gasteiger partial charge in [-0.15, -0.1) is 0 Å². The first-order valence-corrected chi connectivity index (χ1v) is 6.44. The fraction of sp³-hybridized carbons (Fsp3) is 0.571. The molecule has 3 rings (SSSR count). The Balaban J connectivity index is 1.79. The average molecular weight is 251 g/mol. The Kier molecular flexibility index (Phi) is 3.33. The maximum absolute atomic E-state index is 14.0. The van der Waals surface area contributed by atoms with Gasteiger partial charge in [-0.25, -0.2) is 4.39 Å². The van der Waals surface area contributed by atoms with E-state index in [9.17, 15) is 4.39 Å². The highest BCUT2D eigenvalue weighted by atomic mass is 19.1. The SMILES string of the molecule is Fc1ccccc1C1(CC2COCCN2)COC1. The van der Waals surface area contributed by atoms with Crippen LogP contribution >= 0.6 is 0 Å². The van der Waals surface area contributed by atoms with Crippen molar-refractivity contribution >= 4 is 0 Å². The molecular weight excluding hydrogens is 233 g/mol. The lowest BCUT2D eigenvalue weighted by atomic mass is 9.73. The fourth-order valence-electron chi connectivity index (χ4n) is 2.85. The Bertz CT molecular complexity index is 414. The highest BCUT2D eigenvalue weighted by molar-refractivity contribution is 5.30. The van der Waals surface area contributed by atoms with Crippen molar-refractivity contribution in [2.45, 2.75) is 17.9 Å². The van der Waals surface area contributed by atoms with E-state index in [1.807, 2.05) is 12.1 Å². The van der Waals surface area contributed by atoms with Crippen molar-refractivity contribution in [3.8, 4) is 0 Å². The molecule has 0 radical (unpaired) electrons. The molecule has 1 N–H and O–H groups in total. The van der Waals surface area contributed by atoms with Crippen LogP contribution in [-0.2, 0) is 14.9 Å². The summed E-state index contributed by atoms with van der Waals surface area (Å²) in [5, 5.41) is 3.43. The van der Waals surface area contributed by atoms with Gasteiger partial charge < -0.3 is 14.8 Å². The summed E-state index contributed by atoms with van der Waals surface area (Å²) in [6.07, 6.45) is 0.869. The minimum Gasteiger partial charge on any atom is -0.379 e. The lowest BCUT2D eigenvalue weighted by Crippen LogP contribution is -2.54. The molecule has 18 heavy (non-hydrogen) atoms. The summed E-state index contributed by atoms with van der Waals surface area (Å²) < 4.78 is 24.8. The van der Waals surface area contributed by atoms with E-state index >= 15 is 0 Å². The second-order valence-corrected chi connectivity index (χ2v) is 5.18. The van der Waals surface area contributed by atoms with Crippen LogP contribution in [0.25, 0.3) is 0 Å². The van der Waals surface area contributed by atoms with Crippen molar-refractivity contribution in [3.05, 3.63) is 35.6 Å². The van der Waals surface area contributed by atoms with E-state index in [4.69, 9.17) is 9.47 Å². The van der Waals surface area contributed by atoms with Crippen LogP contribution in [0.15, 0.2) is 24.3 Å². The summed E-state index contributed by atoms with van der Waals surface area (Å²) in [4.78, 5) is 0. The van der Waals surface area contributed by atoms with Crippen molar-refractivity contribution in [1.82, 2.24) is 5.32 Å². The Morgan fingerprint density at radius 2 is 2.11 bits per heavy atom. The van der Waals surface area contributed by atoms with Crippen molar-refractivity contribution in [1.29, 1.82) is 0 Å². The summed E-state index contributed by atoms with van der Waals surface area (Å²) >= 11 is 0. The third kappa shape index (κ3) is 2.16. The molecule has 98 valence electrons. The van der Waals surface area contributed by atoms with Crippen LogP contribution in [0.4, 0.5) is 4.39 Å². The number of morpholine rings is 1. The minimum absolute atomic E-state index is 0.127. The average Bonchev–Trinajstić information content (AvgIpc) is 2.36. The fourth-order valence-corrected chi connectivity index (χ4v) is 2.85. The highest BCUT2D eigenvalue weighted by Gasteiger charge is 2.43. The molecule has 2 saturated heterocycles. The predicted octanol–water partition coefficient (Wildman–Crippen LogP) is 1.47. The van der Waals surface area contributed by atoms with Gasteiger partial charge in [0.1, 0.15) is 5.82 Å². The molecule has 2 aliphatic rings. The Morgan fingerprint density at radius 1 is 1.28 bits per heavy atom. The van der Waals surface area contributed by atoms with Crippen LogP contribution in [0.3, 0.4) is 0 Å². The van der Waals surface area contributed by atoms with Crippen LogP contribution in [0.2, 0.25) is 0 Å². The zero-order valence-corrected chi connectivity index (χ0v) is 10.3. The number of halogens is 1. The molecule has 1 unspecified atom stereocenters. The molecule has 0 amide bonds. The molecule has 2 aliphatic heterocycles. The van der Waals surface area contributed by atoms with Crippen molar-refractivity contribution in [2.24, 2.45) is 0 Å². The third-order valence-electron chi connectivity index (χ3n) is 3.84. The van der Waals surface area contributed by atoms with Crippen molar-refractivity contribution in [2.75, 3.05) is 33.0 Å². The summed E-state index contributed by atoms with van der Waals surface area (Å²) in [5.41, 5.74) is 0.604. The quantitative estimate of drug-likeness (QED) is 0.882. The van der Waals surface area contributed by atoms with E-state index in [-0.39, 0.29) is 11.2 Å². The molecule has 0 spiro atoms. The van der Waals surface area contributed by atoms with Gasteiger partial charge >= 0.3 is 0 Å². The summed E-state index contributed by atoms with van der Waals surface area (Å²) in [5.74, 6) is -0.127. The molecular formula is C14H18FNO2. The molecule has 2 fully saturated rings. The Hall–Kier alpha value is -0.970. The van der Waals surface area contributed by atoms with Gasteiger partial charge in [-0.2, -0.15) is 0 Å². The maximum atomic E-state index is 14.0. The smallest absolute Gasteiger partial charge is 0.127 e. The molecule has 0 bridgehead atoms. The molecule has 1 aromatic rings. The van der Waals surface area contributed by atoms with Crippen molar-refractivity contribution < 1.29 is 13.9 Å². The molecule has 0 aromatic heterocycles. The van der Waals surface area contributed by atoms with Gasteiger partial charge in [0.15, 0.2) is 0 Å². The number of nitrogens with one attached hydrogen (secondary N) is 1. The summed E-state index contributed by atoms with van der Waals surface area (Å²) in [7, 11) is 0. The van der Waals surface area contributed by atoms with E-state index in [1.54, 1.807) is 6.07 Å². The van der Waals surface area contributed by atoms with Gasteiger partial charge in [-0.3, -0.25) is 0 Å². The normalized spacial score (nSPS) is 26.6. The highest BCUT2D eigenvalue weighted by Crippen LogP contribution is 2.38. The van der Waals surface area contributed by atoms with Gasteiger partial charge in [-0.1, -0.05) is 18.2 Å². The lowest BCUT2D eigenvalue weighted by Gasteiger charge is -2.44. The number of hydrogen-bond acceptors (Lipinski definition) is 3. The first-order valence-electron chi connectivity index (χ1n) is 6.44. The second-order valence-electron chi connectivity index (χ2n) is 5.18. The van der Waals surface area contributed by atoms with Crippen LogP contribution in [-0.4, -0.2) is 39.0 Å². The van der Waals surface area contributed by atoms with Crippen LogP contribution in [0.1, 0.15) is 12.0 Å². The van der Waals surface area contributed by atoms with E-state index in [0.29, 0.717) is 25.9 Å². The van der Waals surface area contributed by atoms with E-state index in [1.165, 1.54) is 6.07 Å². The molecule has 1 aromatic carbocycles. The molecule has 3 nitrogen and oxygen atoms in total. The van der Waals surface area contributed by atoms with Crippen LogP contribution in [0.5, 0.6) is 0 Å². The largest absolute Gasteiger partial charge is 0.379 e. The van der Waals surface area contributed by atoms with E-state index < -0.39 is 0 Å². The van der Waals surface area contributed by atoms with Gasteiger partial charge in [0.2, 0.25) is 0 Å². The Labute approximate surface area is 106 Å². The zero-order chi connectivity index (χ0) is 12.4. The first-order chi connectivity index (χ1) is 8.80.